The van der Waals surface area contributed by atoms with E-state index in [0.717, 1.165) is 5.56 Å². The molecule has 1 rings (SSSR count). The zero-order valence-electron chi connectivity index (χ0n) is 8.57. The summed E-state index contributed by atoms with van der Waals surface area (Å²) in [6.45, 7) is 5.71. The molecule has 0 saturated heterocycles. The van der Waals surface area contributed by atoms with Gasteiger partial charge in [-0.1, -0.05) is 6.07 Å². The van der Waals surface area contributed by atoms with E-state index in [2.05, 4.69) is 0 Å². The van der Waals surface area contributed by atoms with Crippen LogP contribution in [0.5, 0.6) is 5.75 Å². The fraction of sp³-hybridized carbons (Fsp3) is 0.364. The molecule has 76 valence electrons. The second-order valence-electron chi connectivity index (χ2n) is 3.45. The number of ether oxygens (including phenoxy) is 1. The molecule has 14 heavy (non-hydrogen) atoms. The first kappa shape index (κ1) is 10.6. The number of carboxylic acid groups (broad SMARTS) is 1. The van der Waals surface area contributed by atoms with Gasteiger partial charge in [0.05, 0.1) is 11.7 Å². The highest BCUT2D eigenvalue weighted by Crippen LogP contribution is 2.20. The minimum absolute atomic E-state index is 0.0535. The van der Waals surface area contributed by atoms with Gasteiger partial charge < -0.3 is 9.84 Å². The molecule has 0 aliphatic rings. The van der Waals surface area contributed by atoms with Crippen molar-refractivity contribution in [2.24, 2.45) is 0 Å². The fourth-order valence-electron chi connectivity index (χ4n) is 1.11. The lowest BCUT2D eigenvalue weighted by molar-refractivity contribution is 0.0696. The molecule has 0 amide bonds. The van der Waals surface area contributed by atoms with E-state index in [1.165, 1.54) is 0 Å². The van der Waals surface area contributed by atoms with Gasteiger partial charge in [-0.3, -0.25) is 0 Å². The Kier molecular flexibility index (Phi) is 3.12. The van der Waals surface area contributed by atoms with Crippen LogP contribution in [0, 0.1) is 6.92 Å². The third-order valence-corrected chi connectivity index (χ3v) is 1.80. The number of aryl methyl sites for hydroxylation is 1. The number of rotatable bonds is 3. The first-order valence-electron chi connectivity index (χ1n) is 4.51. The largest absolute Gasteiger partial charge is 0.491 e. The van der Waals surface area contributed by atoms with Gasteiger partial charge in [-0.25, -0.2) is 4.79 Å². The number of benzene rings is 1. The van der Waals surface area contributed by atoms with Crippen molar-refractivity contribution in [3.63, 3.8) is 0 Å². The first-order valence-corrected chi connectivity index (χ1v) is 4.51. The molecule has 0 spiro atoms. The summed E-state index contributed by atoms with van der Waals surface area (Å²) in [5.74, 6) is -0.293. The minimum atomic E-state index is -0.932. The van der Waals surface area contributed by atoms with Crippen LogP contribution in [0.25, 0.3) is 0 Å². The first-order chi connectivity index (χ1) is 6.50. The predicted octanol–water partition coefficient (Wildman–Crippen LogP) is 2.48. The maximum Gasteiger partial charge on any atom is 0.335 e. The molecule has 0 aliphatic carbocycles. The predicted molar refractivity (Wildman–Crippen MR) is 53.9 cm³/mol. The lowest BCUT2D eigenvalue weighted by Gasteiger charge is -2.12. The fourth-order valence-corrected chi connectivity index (χ4v) is 1.11. The van der Waals surface area contributed by atoms with Crippen molar-refractivity contribution >= 4 is 5.97 Å². The Hall–Kier alpha value is -1.51. The van der Waals surface area contributed by atoms with Gasteiger partial charge in [0, 0.05) is 0 Å². The van der Waals surface area contributed by atoms with E-state index < -0.39 is 5.97 Å². The molecule has 1 aromatic rings. The molecule has 1 N–H and O–H groups in total. The van der Waals surface area contributed by atoms with Gasteiger partial charge >= 0.3 is 5.97 Å². The topological polar surface area (TPSA) is 46.5 Å². The van der Waals surface area contributed by atoms with Gasteiger partial charge in [-0.05, 0) is 38.5 Å². The summed E-state index contributed by atoms with van der Waals surface area (Å²) in [5.41, 5.74) is 1.20. The van der Waals surface area contributed by atoms with Crippen molar-refractivity contribution in [2.75, 3.05) is 0 Å². The monoisotopic (exact) mass is 194 g/mol. The second kappa shape index (κ2) is 4.13. The van der Waals surface area contributed by atoms with Crippen LogP contribution in [0.2, 0.25) is 0 Å². The summed E-state index contributed by atoms with van der Waals surface area (Å²) >= 11 is 0. The Bertz CT molecular complexity index is 342. The van der Waals surface area contributed by atoms with E-state index in [4.69, 9.17) is 9.84 Å². The quantitative estimate of drug-likeness (QED) is 0.804. The summed E-state index contributed by atoms with van der Waals surface area (Å²) in [6, 6.07) is 4.88. The van der Waals surface area contributed by atoms with Crippen LogP contribution in [0.1, 0.15) is 29.8 Å². The third kappa shape index (κ3) is 2.49. The maximum atomic E-state index is 10.7. The van der Waals surface area contributed by atoms with Crippen LogP contribution in [0.4, 0.5) is 0 Å². The van der Waals surface area contributed by atoms with Gasteiger partial charge in [-0.15, -0.1) is 0 Å². The smallest absolute Gasteiger partial charge is 0.335 e. The average molecular weight is 194 g/mol. The number of aromatic carboxylic acids is 1. The van der Waals surface area contributed by atoms with E-state index in [1.807, 2.05) is 20.8 Å². The summed E-state index contributed by atoms with van der Waals surface area (Å²) < 4.78 is 5.47. The van der Waals surface area contributed by atoms with Crippen molar-refractivity contribution in [3.05, 3.63) is 29.3 Å². The Balaban J connectivity index is 3.02. The highest BCUT2D eigenvalue weighted by molar-refractivity contribution is 5.88. The average Bonchev–Trinajstić information content (AvgIpc) is 2.07. The summed E-state index contributed by atoms with van der Waals surface area (Å²) in [5, 5.41) is 8.78. The van der Waals surface area contributed by atoms with Crippen molar-refractivity contribution in [1.29, 1.82) is 0 Å². The molecule has 0 aromatic heterocycles. The number of hydrogen-bond donors (Lipinski definition) is 1. The van der Waals surface area contributed by atoms with Crippen LogP contribution in [-0.2, 0) is 0 Å². The molecular formula is C11H14O3. The summed E-state index contributed by atoms with van der Waals surface area (Å²) in [6.07, 6.45) is 0.0535. The van der Waals surface area contributed by atoms with Crippen LogP contribution in [0.15, 0.2) is 18.2 Å². The van der Waals surface area contributed by atoms with Crippen LogP contribution in [0.3, 0.4) is 0 Å². The molecule has 1 aromatic carbocycles. The zero-order valence-corrected chi connectivity index (χ0v) is 8.57. The molecule has 0 bridgehead atoms. The van der Waals surface area contributed by atoms with E-state index in [0.29, 0.717) is 5.75 Å². The van der Waals surface area contributed by atoms with Gasteiger partial charge in [0.1, 0.15) is 5.75 Å². The standard InChI is InChI=1S/C11H14O3/c1-7(2)14-10-6-9(11(12)13)5-4-8(10)3/h4-7H,1-3H3,(H,12,13). The molecule has 3 heteroatoms. The van der Waals surface area contributed by atoms with Crippen LogP contribution in [-0.4, -0.2) is 17.2 Å². The SMILES string of the molecule is Cc1ccc(C(=O)O)cc1OC(C)C. The van der Waals surface area contributed by atoms with E-state index in [1.54, 1.807) is 18.2 Å². The lowest BCUT2D eigenvalue weighted by atomic mass is 10.1. The number of carboxylic acids is 1. The molecule has 0 aliphatic heterocycles. The van der Waals surface area contributed by atoms with Crippen molar-refractivity contribution in [3.8, 4) is 5.75 Å². The highest BCUT2D eigenvalue weighted by Gasteiger charge is 2.07. The molecule has 0 saturated carbocycles. The minimum Gasteiger partial charge on any atom is -0.491 e. The van der Waals surface area contributed by atoms with E-state index in [9.17, 15) is 4.79 Å². The summed E-state index contributed by atoms with van der Waals surface area (Å²) in [4.78, 5) is 10.7. The molecule has 0 atom stereocenters. The van der Waals surface area contributed by atoms with Crippen LogP contribution >= 0.6 is 0 Å². The van der Waals surface area contributed by atoms with E-state index in [-0.39, 0.29) is 11.7 Å². The van der Waals surface area contributed by atoms with Gasteiger partial charge in [-0.2, -0.15) is 0 Å². The number of hydrogen-bond acceptors (Lipinski definition) is 2. The Labute approximate surface area is 83.3 Å². The molecule has 0 unspecified atom stereocenters. The van der Waals surface area contributed by atoms with Crippen LogP contribution < -0.4 is 4.74 Å². The molecular weight excluding hydrogens is 180 g/mol. The lowest BCUT2D eigenvalue weighted by Crippen LogP contribution is -2.07. The summed E-state index contributed by atoms with van der Waals surface area (Å²) in [7, 11) is 0. The van der Waals surface area contributed by atoms with Crippen molar-refractivity contribution < 1.29 is 14.6 Å². The molecule has 0 heterocycles. The van der Waals surface area contributed by atoms with Crippen molar-refractivity contribution in [1.82, 2.24) is 0 Å². The Morgan fingerprint density at radius 2 is 2.07 bits per heavy atom. The maximum absolute atomic E-state index is 10.7. The van der Waals surface area contributed by atoms with Gasteiger partial charge in [0.15, 0.2) is 0 Å². The van der Waals surface area contributed by atoms with Gasteiger partial charge in [0.25, 0.3) is 0 Å². The zero-order chi connectivity index (χ0) is 10.7. The molecule has 0 fully saturated rings. The Morgan fingerprint density at radius 1 is 1.43 bits per heavy atom. The second-order valence-corrected chi connectivity index (χ2v) is 3.45. The van der Waals surface area contributed by atoms with Gasteiger partial charge in [0.2, 0.25) is 0 Å². The van der Waals surface area contributed by atoms with Crippen molar-refractivity contribution in [2.45, 2.75) is 26.9 Å². The van der Waals surface area contributed by atoms with E-state index >= 15 is 0 Å². The number of carbonyl (C=O) groups is 1. The third-order valence-electron chi connectivity index (χ3n) is 1.80. The highest BCUT2D eigenvalue weighted by atomic mass is 16.5. The normalized spacial score (nSPS) is 10.3. The molecule has 0 radical (unpaired) electrons. The molecule has 3 nitrogen and oxygen atoms in total. The Morgan fingerprint density at radius 3 is 2.57 bits per heavy atom.